The van der Waals surface area contributed by atoms with Crippen LogP contribution >= 0.6 is 0 Å². The van der Waals surface area contributed by atoms with Gasteiger partial charge in [-0.1, -0.05) is 20.8 Å². The van der Waals surface area contributed by atoms with Crippen LogP contribution in [0.1, 0.15) is 33.6 Å². The Morgan fingerprint density at radius 1 is 1.31 bits per heavy atom. The molecule has 4 heteroatoms. The highest BCUT2D eigenvalue weighted by Crippen LogP contribution is 2.18. The summed E-state index contributed by atoms with van der Waals surface area (Å²) >= 11 is 0. The molecule has 0 aromatic rings. The molecule has 0 bridgehead atoms. The van der Waals surface area contributed by atoms with Crippen LogP contribution in [0.25, 0.3) is 0 Å². The molecule has 0 aromatic heterocycles. The van der Waals surface area contributed by atoms with E-state index >= 15 is 0 Å². The predicted octanol–water partition coefficient (Wildman–Crippen LogP) is 1.11. The Labute approximate surface area is 97.6 Å². The fourth-order valence-electron chi connectivity index (χ4n) is 2.08. The quantitative estimate of drug-likeness (QED) is 0.637. The third-order valence-corrected chi connectivity index (χ3v) is 3.22. The first-order valence-corrected chi connectivity index (χ1v) is 6.16. The van der Waals surface area contributed by atoms with E-state index in [1.54, 1.807) is 0 Å². The summed E-state index contributed by atoms with van der Waals surface area (Å²) in [5.74, 6) is -0.109. The second kappa shape index (κ2) is 5.99. The van der Waals surface area contributed by atoms with E-state index in [-0.39, 0.29) is 17.7 Å². The van der Waals surface area contributed by atoms with Crippen LogP contribution in [-0.4, -0.2) is 47.8 Å². The molecule has 0 spiro atoms. The second-order valence-electron chi connectivity index (χ2n) is 4.37. The van der Waals surface area contributed by atoms with Crippen molar-refractivity contribution < 1.29 is 9.59 Å². The van der Waals surface area contributed by atoms with Crippen LogP contribution in [0.4, 0.5) is 0 Å². The minimum absolute atomic E-state index is 0.00273. The number of imide groups is 1. The Balaban J connectivity index is 2.32. The highest BCUT2D eigenvalue weighted by Gasteiger charge is 2.34. The summed E-state index contributed by atoms with van der Waals surface area (Å²) in [5, 5.41) is 0. The molecule has 1 saturated heterocycles. The summed E-state index contributed by atoms with van der Waals surface area (Å²) in [6.45, 7) is 9.65. The molecule has 0 saturated carbocycles. The monoisotopic (exact) mass is 226 g/mol. The summed E-state index contributed by atoms with van der Waals surface area (Å²) in [6.07, 6.45) is 1.27. The molecule has 1 atom stereocenters. The molecular weight excluding hydrogens is 204 g/mol. The van der Waals surface area contributed by atoms with Crippen molar-refractivity contribution in [2.45, 2.75) is 33.6 Å². The number of hydrogen-bond donors (Lipinski definition) is 0. The largest absolute Gasteiger partial charge is 0.304 e. The lowest BCUT2D eigenvalue weighted by molar-refractivity contribution is -0.139. The molecule has 16 heavy (non-hydrogen) atoms. The lowest BCUT2D eigenvalue weighted by Crippen LogP contribution is -2.34. The summed E-state index contributed by atoms with van der Waals surface area (Å²) in [7, 11) is 0. The van der Waals surface area contributed by atoms with Gasteiger partial charge in [0.1, 0.15) is 0 Å². The SMILES string of the molecule is CCN(CC)CCCN1C(=O)CC(C)C1=O. The molecule has 1 aliphatic heterocycles. The number of rotatable bonds is 6. The summed E-state index contributed by atoms with van der Waals surface area (Å²) in [5.41, 5.74) is 0. The maximum absolute atomic E-state index is 11.6. The van der Waals surface area contributed by atoms with E-state index in [0.29, 0.717) is 13.0 Å². The van der Waals surface area contributed by atoms with Gasteiger partial charge < -0.3 is 4.90 Å². The third kappa shape index (κ3) is 3.04. The Bertz CT molecular complexity index is 262. The number of nitrogens with zero attached hydrogens (tertiary/aromatic N) is 2. The minimum atomic E-state index is -0.110. The smallest absolute Gasteiger partial charge is 0.232 e. The van der Waals surface area contributed by atoms with Crippen molar-refractivity contribution in [1.82, 2.24) is 9.80 Å². The van der Waals surface area contributed by atoms with E-state index in [1.807, 2.05) is 6.92 Å². The number of carbonyl (C=O) groups excluding carboxylic acids is 2. The van der Waals surface area contributed by atoms with E-state index in [9.17, 15) is 9.59 Å². The lowest BCUT2D eigenvalue weighted by Gasteiger charge is -2.20. The van der Waals surface area contributed by atoms with Gasteiger partial charge in [0, 0.05) is 18.9 Å². The molecule has 1 heterocycles. The van der Waals surface area contributed by atoms with Crippen LogP contribution in [0.2, 0.25) is 0 Å². The summed E-state index contributed by atoms with van der Waals surface area (Å²) in [4.78, 5) is 26.8. The molecule has 0 N–H and O–H groups in total. The number of carbonyl (C=O) groups is 2. The van der Waals surface area contributed by atoms with E-state index in [4.69, 9.17) is 0 Å². The van der Waals surface area contributed by atoms with Gasteiger partial charge in [-0.25, -0.2) is 0 Å². The fourth-order valence-corrected chi connectivity index (χ4v) is 2.08. The topological polar surface area (TPSA) is 40.6 Å². The van der Waals surface area contributed by atoms with Crippen LogP contribution in [0.15, 0.2) is 0 Å². The molecule has 1 rings (SSSR count). The molecule has 2 amide bonds. The molecule has 0 radical (unpaired) electrons. The zero-order valence-electron chi connectivity index (χ0n) is 10.5. The Morgan fingerprint density at radius 2 is 1.94 bits per heavy atom. The standard InChI is InChI=1S/C12H22N2O2/c1-4-13(5-2)7-6-8-14-11(15)9-10(3)12(14)16/h10H,4-9H2,1-3H3. The highest BCUT2D eigenvalue weighted by molar-refractivity contribution is 6.03. The summed E-state index contributed by atoms with van der Waals surface area (Å²) in [6, 6.07) is 0. The zero-order valence-corrected chi connectivity index (χ0v) is 10.5. The zero-order chi connectivity index (χ0) is 12.1. The average molecular weight is 226 g/mol. The third-order valence-electron chi connectivity index (χ3n) is 3.22. The molecule has 1 unspecified atom stereocenters. The van der Waals surface area contributed by atoms with Gasteiger partial charge in [0.15, 0.2) is 0 Å². The van der Waals surface area contributed by atoms with E-state index in [0.717, 1.165) is 26.1 Å². The normalized spacial score (nSPS) is 21.2. The van der Waals surface area contributed by atoms with Crippen molar-refractivity contribution in [3.8, 4) is 0 Å². The maximum atomic E-state index is 11.6. The predicted molar refractivity (Wildman–Crippen MR) is 62.9 cm³/mol. The molecule has 1 fully saturated rings. The van der Waals surface area contributed by atoms with Crippen LogP contribution in [-0.2, 0) is 9.59 Å². The second-order valence-corrected chi connectivity index (χ2v) is 4.37. The summed E-state index contributed by atoms with van der Waals surface area (Å²) < 4.78 is 0. The van der Waals surface area contributed by atoms with Gasteiger partial charge in [0.25, 0.3) is 0 Å². The first kappa shape index (κ1) is 13.2. The molecule has 4 nitrogen and oxygen atoms in total. The van der Waals surface area contributed by atoms with Gasteiger partial charge in [-0.2, -0.15) is 0 Å². The van der Waals surface area contributed by atoms with E-state index < -0.39 is 0 Å². The maximum Gasteiger partial charge on any atom is 0.232 e. The lowest BCUT2D eigenvalue weighted by atomic mass is 10.1. The van der Waals surface area contributed by atoms with Crippen LogP contribution in [0.5, 0.6) is 0 Å². The van der Waals surface area contributed by atoms with Crippen molar-refractivity contribution in [3.63, 3.8) is 0 Å². The fraction of sp³-hybridized carbons (Fsp3) is 0.833. The Kier molecular flexibility index (Phi) is 4.93. The van der Waals surface area contributed by atoms with E-state index in [2.05, 4.69) is 18.7 Å². The van der Waals surface area contributed by atoms with Crippen LogP contribution < -0.4 is 0 Å². The van der Waals surface area contributed by atoms with Gasteiger partial charge in [0.2, 0.25) is 11.8 Å². The van der Waals surface area contributed by atoms with Crippen molar-refractivity contribution >= 4 is 11.8 Å². The van der Waals surface area contributed by atoms with Crippen LogP contribution in [0, 0.1) is 5.92 Å². The average Bonchev–Trinajstić information content (AvgIpc) is 2.50. The Morgan fingerprint density at radius 3 is 2.38 bits per heavy atom. The molecule has 0 aliphatic carbocycles. The van der Waals surface area contributed by atoms with Gasteiger partial charge in [0.05, 0.1) is 0 Å². The molecular formula is C12H22N2O2. The van der Waals surface area contributed by atoms with Gasteiger partial charge in [-0.15, -0.1) is 0 Å². The van der Waals surface area contributed by atoms with Crippen molar-refractivity contribution in [2.24, 2.45) is 5.92 Å². The first-order chi connectivity index (χ1) is 7.60. The molecule has 1 aliphatic rings. The van der Waals surface area contributed by atoms with Gasteiger partial charge in [-0.05, 0) is 26.1 Å². The molecule has 92 valence electrons. The number of hydrogen-bond acceptors (Lipinski definition) is 3. The van der Waals surface area contributed by atoms with Gasteiger partial charge >= 0.3 is 0 Å². The first-order valence-electron chi connectivity index (χ1n) is 6.16. The van der Waals surface area contributed by atoms with Gasteiger partial charge in [-0.3, -0.25) is 14.5 Å². The minimum Gasteiger partial charge on any atom is -0.304 e. The number of likely N-dealkylation sites (tertiary alicyclic amines) is 1. The Hall–Kier alpha value is -0.900. The molecule has 0 aromatic carbocycles. The van der Waals surface area contributed by atoms with E-state index in [1.165, 1.54) is 4.90 Å². The highest BCUT2D eigenvalue weighted by atomic mass is 16.2. The van der Waals surface area contributed by atoms with Crippen LogP contribution in [0.3, 0.4) is 0 Å². The van der Waals surface area contributed by atoms with Crippen molar-refractivity contribution in [1.29, 1.82) is 0 Å². The van der Waals surface area contributed by atoms with Crippen molar-refractivity contribution in [2.75, 3.05) is 26.2 Å². The number of amides is 2. The van der Waals surface area contributed by atoms with Crippen molar-refractivity contribution in [3.05, 3.63) is 0 Å².